The molecule has 5 heteroatoms. The third-order valence-corrected chi connectivity index (χ3v) is 3.35. The van der Waals surface area contributed by atoms with Crippen LogP contribution < -0.4 is 10.1 Å². The van der Waals surface area contributed by atoms with Gasteiger partial charge in [-0.05, 0) is 25.7 Å². The number of nitrogens with zero attached hydrogens (tertiary/aromatic N) is 1. The molecule has 1 aromatic rings. The van der Waals surface area contributed by atoms with E-state index in [0.29, 0.717) is 24.3 Å². The van der Waals surface area contributed by atoms with Gasteiger partial charge < -0.3 is 10.1 Å². The number of non-ortho nitro benzene ring substituents is 1. The number of nitro groups is 1. The van der Waals surface area contributed by atoms with Crippen molar-refractivity contribution in [2.45, 2.75) is 39.2 Å². The number of anilines is 1. The van der Waals surface area contributed by atoms with E-state index in [-0.39, 0.29) is 10.6 Å². The van der Waals surface area contributed by atoms with Gasteiger partial charge in [-0.1, -0.05) is 13.3 Å². The molecule has 104 valence electrons. The van der Waals surface area contributed by atoms with Crippen molar-refractivity contribution >= 4 is 11.4 Å². The molecule has 1 fully saturated rings. The fourth-order valence-electron chi connectivity index (χ4n) is 2.35. The van der Waals surface area contributed by atoms with Gasteiger partial charge in [0.2, 0.25) is 0 Å². The predicted octanol–water partition coefficient (Wildman–Crippen LogP) is 3.59. The van der Waals surface area contributed by atoms with E-state index in [0.717, 1.165) is 12.1 Å². The molecule has 0 amide bonds. The lowest BCUT2D eigenvalue weighted by Crippen LogP contribution is -2.05. The van der Waals surface area contributed by atoms with Crippen LogP contribution >= 0.6 is 0 Å². The summed E-state index contributed by atoms with van der Waals surface area (Å²) in [4.78, 5) is 10.5. The number of hydrogen-bond donors (Lipinski definition) is 1. The van der Waals surface area contributed by atoms with Crippen LogP contribution in [0.3, 0.4) is 0 Å². The molecule has 1 saturated carbocycles. The van der Waals surface area contributed by atoms with E-state index in [9.17, 15) is 10.1 Å². The SMILES string of the molecule is CCCC1CC1Nc1cc(OCC)cc([N+](=O)[O-])c1. The molecular weight excluding hydrogens is 244 g/mol. The van der Waals surface area contributed by atoms with Crippen molar-refractivity contribution < 1.29 is 9.66 Å². The first kappa shape index (κ1) is 13.6. The number of nitrogens with one attached hydrogen (secondary N) is 1. The van der Waals surface area contributed by atoms with Crippen LogP contribution in [-0.4, -0.2) is 17.6 Å². The Balaban J connectivity index is 2.08. The van der Waals surface area contributed by atoms with Gasteiger partial charge >= 0.3 is 0 Å². The third-order valence-electron chi connectivity index (χ3n) is 3.35. The molecule has 2 rings (SSSR count). The molecule has 2 unspecified atom stereocenters. The molecular formula is C14H20N2O3. The highest BCUT2D eigenvalue weighted by Crippen LogP contribution is 2.38. The van der Waals surface area contributed by atoms with Crippen molar-refractivity contribution in [3.63, 3.8) is 0 Å². The Morgan fingerprint density at radius 1 is 1.42 bits per heavy atom. The smallest absolute Gasteiger partial charge is 0.275 e. The van der Waals surface area contributed by atoms with Crippen LogP contribution in [0.5, 0.6) is 5.75 Å². The van der Waals surface area contributed by atoms with Gasteiger partial charge in [0.15, 0.2) is 0 Å². The lowest BCUT2D eigenvalue weighted by molar-refractivity contribution is -0.384. The zero-order valence-corrected chi connectivity index (χ0v) is 11.4. The Kier molecular flexibility index (Phi) is 4.24. The van der Waals surface area contributed by atoms with E-state index in [1.807, 2.05) is 13.0 Å². The molecule has 0 saturated heterocycles. The molecule has 0 aromatic heterocycles. The van der Waals surface area contributed by atoms with Crippen LogP contribution in [0, 0.1) is 16.0 Å². The second-order valence-corrected chi connectivity index (χ2v) is 4.94. The number of rotatable bonds is 7. The highest BCUT2D eigenvalue weighted by atomic mass is 16.6. The Morgan fingerprint density at radius 2 is 2.21 bits per heavy atom. The highest BCUT2D eigenvalue weighted by Gasteiger charge is 2.36. The van der Waals surface area contributed by atoms with Crippen LogP contribution in [0.4, 0.5) is 11.4 Å². The van der Waals surface area contributed by atoms with E-state index in [1.54, 1.807) is 6.07 Å². The molecule has 5 nitrogen and oxygen atoms in total. The first-order valence-corrected chi connectivity index (χ1v) is 6.82. The zero-order valence-electron chi connectivity index (χ0n) is 11.4. The topological polar surface area (TPSA) is 64.4 Å². The van der Waals surface area contributed by atoms with Gasteiger partial charge in [-0.2, -0.15) is 0 Å². The second kappa shape index (κ2) is 5.91. The summed E-state index contributed by atoms with van der Waals surface area (Å²) in [6, 6.07) is 5.32. The molecule has 1 aromatic carbocycles. The Labute approximate surface area is 113 Å². The van der Waals surface area contributed by atoms with Crippen molar-refractivity contribution in [2.75, 3.05) is 11.9 Å². The first-order valence-electron chi connectivity index (χ1n) is 6.82. The van der Waals surface area contributed by atoms with Gasteiger partial charge in [-0.3, -0.25) is 10.1 Å². The standard InChI is InChI=1S/C14H20N2O3/c1-3-5-10-6-14(10)15-11-7-12(16(17)18)9-13(8-11)19-4-2/h7-10,14-15H,3-6H2,1-2H3. The molecule has 1 aliphatic rings. The summed E-state index contributed by atoms with van der Waals surface area (Å²) in [5.41, 5.74) is 0.849. The molecule has 0 heterocycles. The van der Waals surface area contributed by atoms with Gasteiger partial charge in [-0.15, -0.1) is 0 Å². The highest BCUT2D eigenvalue weighted by molar-refractivity contribution is 5.57. The van der Waals surface area contributed by atoms with Crippen LogP contribution in [0.1, 0.15) is 33.1 Å². The summed E-state index contributed by atoms with van der Waals surface area (Å²) >= 11 is 0. The van der Waals surface area contributed by atoms with Crippen molar-refractivity contribution in [1.82, 2.24) is 0 Å². The summed E-state index contributed by atoms with van der Waals surface area (Å²) in [6.45, 7) is 4.54. The number of nitro benzene ring substituents is 1. The molecule has 0 radical (unpaired) electrons. The molecule has 1 N–H and O–H groups in total. The second-order valence-electron chi connectivity index (χ2n) is 4.94. The molecule has 2 atom stereocenters. The average Bonchev–Trinajstić information content (AvgIpc) is 3.07. The van der Waals surface area contributed by atoms with E-state index < -0.39 is 0 Å². The molecule has 1 aliphatic carbocycles. The maximum Gasteiger partial charge on any atom is 0.275 e. The van der Waals surface area contributed by atoms with Gasteiger partial charge in [0.05, 0.1) is 17.6 Å². The Bertz CT molecular complexity index is 462. The van der Waals surface area contributed by atoms with E-state index >= 15 is 0 Å². The largest absolute Gasteiger partial charge is 0.494 e. The Hall–Kier alpha value is -1.78. The quantitative estimate of drug-likeness (QED) is 0.603. The minimum absolute atomic E-state index is 0.0705. The van der Waals surface area contributed by atoms with Gasteiger partial charge in [0.1, 0.15) is 5.75 Å². The summed E-state index contributed by atoms with van der Waals surface area (Å²) in [6.07, 6.45) is 3.55. The fourth-order valence-corrected chi connectivity index (χ4v) is 2.35. The zero-order chi connectivity index (χ0) is 13.8. The normalized spacial score (nSPS) is 20.9. The van der Waals surface area contributed by atoms with E-state index in [4.69, 9.17) is 4.74 Å². The average molecular weight is 264 g/mol. The molecule has 0 bridgehead atoms. The first-order chi connectivity index (χ1) is 9.13. The molecule has 0 aliphatic heterocycles. The summed E-state index contributed by atoms with van der Waals surface area (Å²) in [5, 5.41) is 14.3. The Morgan fingerprint density at radius 3 is 2.84 bits per heavy atom. The number of benzene rings is 1. The fraction of sp³-hybridized carbons (Fsp3) is 0.571. The van der Waals surface area contributed by atoms with Crippen molar-refractivity contribution in [3.05, 3.63) is 28.3 Å². The summed E-state index contributed by atoms with van der Waals surface area (Å²) in [5.74, 6) is 1.26. The number of hydrogen-bond acceptors (Lipinski definition) is 4. The van der Waals surface area contributed by atoms with Gasteiger partial charge in [0, 0.05) is 23.9 Å². The lowest BCUT2D eigenvalue weighted by atomic mass is 10.2. The van der Waals surface area contributed by atoms with Crippen molar-refractivity contribution in [3.8, 4) is 5.75 Å². The van der Waals surface area contributed by atoms with Crippen LogP contribution in [0.15, 0.2) is 18.2 Å². The van der Waals surface area contributed by atoms with Gasteiger partial charge in [0.25, 0.3) is 5.69 Å². The van der Waals surface area contributed by atoms with E-state index in [2.05, 4.69) is 12.2 Å². The van der Waals surface area contributed by atoms with Gasteiger partial charge in [-0.25, -0.2) is 0 Å². The molecule has 19 heavy (non-hydrogen) atoms. The lowest BCUT2D eigenvalue weighted by Gasteiger charge is -2.09. The number of ether oxygens (including phenoxy) is 1. The van der Waals surface area contributed by atoms with Crippen molar-refractivity contribution in [1.29, 1.82) is 0 Å². The maximum atomic E-state index is 10.9. The predicted molar refractivity (Wildman–Crippen MR) is 74.7 cm³/mol. The van der Waals surface area contributed by atoms with E-state index in [1.165, 1.54) is 18.9 Å². The summed E-state index contributed by atoms with van der Waals surface area (Å²) < 4.78 is 5.37. The minimum Gasteiger partial charge on any atom is -0.494 e. The van der Waals surface area contributed by atoms with Crippen molar-refractivity contribution in [2.24, 2.45) is 5.92 Å². The van der Waals surface area contributed by atoms with Crippen LogP contribution in [0.2, 0.25) is 0 Å². The maximum absolute atomic E-state index is 10.9. The molecule has 0 spiro atoms. The monoisotopic (exact) mass is 264 g/mol. The minimum atomic E-state index is -0.385. The summed E-state index contributed by atoms with van der Waals surface area (Å²) in [7, 11) is 0. The van der Waals surface area contributed by atoms with Crippen LogP contribution in [0.25, 0.3) is 0 Å². The van der Waals surface area contributed by atoms with Crippen LogP contribution in [-0.2, 0) is 0 Å². The third kappa shape index (κ3) is 3.59.